The van der Waals surface area contributed by atoms with Crippen molar-refractivity contribution < 1.29 is 9.59 Å². The lowest BCUT2D eigenvalue weighted by molar-refractivity contribution is -0.129. The number of amides is 1. The summed E-state index contributed by atoms with van der Waals surface area (Å²) in [6.07, 6.45) is 0. The van der Waals surface area contributed by atoms with E-state index < -0.39 is 0 Å². The van der Waals surface area contributed by atoms with Crippen LogP contribution in [0.2, 0.25) is 0 Å². The van der Waals surface area contributed by atoms with Crippen LogP contribution in [0.15, 0.2) is 60.7 Å². The van der Waals surface area contributed by atoms with E-state index in [1.807, 2.05) is 53.4 Å². The maximum atomic E-state index is 12.0. The summed E-state index contributed by atoms with van der Waals surface area (Å²) in [6, 6.07) is 19.9. The highest BCUT2D eigenvalue weighted by molar-refractivity contribution is 5.97. The number of anilines is 4. The van der Waals surface area contributed by atoms with Crippen LogP contribution in [-0.2, 0) is 11.3 Å². The number of rotatable bonds is 7. The molecule has 4 rings (SSSR count). The summed E-state index contributed by atoms with van der Waals surface area (Å²) >= 11 is 0. The first-order valence-corrected chi connectivity index (χ1v) is 11.0. The Kier molecular flexibility index (Phi) is 6.83. The number of hydrogen-bond donors (Lipinski definition) is 2. The number of carbonyl (C=O) groups excluding carboxylic acids is 2. The Morgan fingerprint density at radius 3 is 2.24 bits per heavy atom. The van der Waals surface area contributed by atoms with Gasteiger partial charge in [0.25, 0.3) is 0 Å². The monoisotopic (exact) mass is 444 g/mol. The van der Waals surface area contributed by atoms with E-state index in [1.54, 1.807) is 6.92 Å². The summed E-state index contributed by atoms with van der Waals surface area (Å²) in [4.78, 5) is 27.7. The van der Waals surface area contributed by atoms with Gasteiger partial charge in [0.05, 0.1) is 5.69 Å². The number of aromatic nitrogens is 2. The first-order valence-electron chi connectivity index (χ1n) is 11.0. The number of piperazine rings is 1. The Labute approximate surface area is 193 Å². The van der Waals surface area contributed by atoms with Gasteiger partial charge in [-0.05, 0) is 29.8 Å². The molecule has 3 aromatic rings. The van der Waals surface area contributed by atoms with Crippen LogP contribution in [0.25, 0.3) is 0 Å². The minimum atomic E-state index is -0.140. The first kappa shape index (κ1) is 22.3. The third kappa shape index (κ3) is 5.65. The van der Waals surface area contributed by atoms with E-state index in [2.05, 4.69) is 37.9 Å². The molecule has 1 aromatic heterocycles. The van der Waals surface area contributed by atoms with E-state index in [1.165, 1.54) is 6.92 Å². The number of nitrogens with zero attached hydrogens (tertiary/aromatic N) is 4. The fourth-order valence-corrected chi connectivity index (χ4v) is 3.82. The van der Waals surface area contributed by atoms with Crippen molar-refractivity contribution in [3.8, 4) is 0 Å². The van der Waals surface area contributed by atoms with Crippen molar-refractivity contribution in [2.75, 3.05) is 41.7 Å². The number of nitrogens with one attached hydrogen (secondary N) is 2. The van der Waals surface area contributed by atoms with Gasteiger partial charge < -0.3 is 20.4 Å². The van der Waals surface area contributed by atoms with Gasteiger partial charge in [-0.3, -0.25) is 9.59 Å². The highest BCUT2D eigenvalue weighted by Crippen LogP contribution is 2.24. The molecule has 33 heavy (non-hydrogen) atoms. The largest absolute Gasteiger partial charge is 0.379 e. The van der Waals surface area contributed by atoms with Crippen LogP contribution < -0.4 is 15.5 Å². The van der Waals surface area contributed by atoms with Crippen LogP contribution in [0.4, 0.5) is 22.9 Å². The molecule has 8 heteroatoms. The number of Topliss-reactive ketones (excluding diaryl/α,β-unsaturated/α-hetero) is 1. The normalized spacial score (nSPS) is 13.5. The lowest BCUT2D eigenvalue weighted by Gasteiger charge is -2.35. The standard InChI is InChI=1S/C25H28N6O2/c1-18(32)25-23(26-17-20-6-4-3-5-7-20)16-24(28-29-25)27-21-8-10-22(11-9-21)31-14-12-30(13-15-31)19(2)33/h3-11,16H,12-15,17H2,1-2H3,(H2,26,27,28). The van der Waals surface area contributed by atoms with E-state index in [9.17, 15) is 9.59 Å². The SMILES string of the molecule is CC(=O)c1nnc(Nc2ccc(N3CCN(C(C)=O)CC3)cc2)cc1NCc1ccccc1. The van der Waals surface area contributed by atoms with E-state index >= 15 is 0 Å². The van der Waals surface area contributed by atoms with Crippen molar-refractivity contribution >= 4 is 34.6 Å². The Hall–Kier alpha value is -3.94. The van der Waals surface area contributed by atoms with E-state index in [0.717, 1.165) is 43.1 Å². The van der Waals surface area contributed by atoms with Gasteiger partial charge in [-0.2, -0.15) is 0 Å². The zero-order valence-electron chi connectivity index (χ0n) is 18.9. The molecular weight excluding hydrogens is 416 g/mol. The fourth-order valence-electron chi connectivity index (χ4n) is 3.82. The minimum Gasteiger partial charge on any atom is -0.379 e. The average molecular weight is 445 g/mol. The van der Waals surface area contributed by atoms with Gasteiger partial charge in [0.1, 0.15) is 0 Å². The zero-order chi connectivity index (χ0) is 23.2. The minimum absolute atomic E-state index is 0.128. The molecule has 0 unspecified atom stereocenters. The lowest BCUT2D eigenvalue weighted by atomic mass is 10.2. The van der Waals surface area contributed by atoms with Crippen LogP contribution >= 0.6 is 0 Å². The lowest BCUT2D eigenvalue weighted by Crippen LogP contribution is -2.48. The predicted octanol–water partition coefficient (Wildman–Crippen LogP) is 3.70. The van der Waals surface area contributed by atoms with Crippen LogP contribution in [0.3, 0.4) is 0 Å². The van der Waals surface area contributed by atoms with Crippen molar-refractivity contribution in [2.45, 2.75) is 20.4 Å². The van der Waals surface area contributed by atoms with E-state index in [-0.39, 0.29) is 11.7 Å². The topological polar surface area (TPSA) is 90.5 Å². The molecule has 170 valence electrons. The van der Waals surface area contributed by atoms with Gasteiger partial charge in [-0.15, -0.1) is 10.2 Å². The molecule has 0 atom stereocenters. The second kappa shape index (κ2) is 10.1. The fraction of sp³-hybridized carbons (Fsp3) is 0.280. The number of hydrogen-bond acceptors (Lipinski definition) is 7. The maximum Gasteiger partial charge on any atom is 0.219 e. The summed E-state index contributed by atoms with van der Waals surface area (Å²) in [5, 5.41) is 14.9. The molecule has 1 amide bonds. The van der Waals surface area contributed by atoms with Crippen LogP contribution in [0.5, 0.6) is 0 Å². The predicted molar refractivity (Wildman–Crippen MR) is 130 cm³/mol. The second-order valence-electron chi connectivity index (χ2n) is 8.05. The molecule has 0 bridgehead atoms. The van der Waals surface area contributed by atoms with Crippen LogP contribution in [-0.4, -0.2) is 53.0 Å². The highest BCUT2D eigenvalue weighted by Gasteiger charge is 2.18. The highest BCUT2D eigenvalue weighted by atomic mass is 16.2. The number of ketones is 1. The summed E-state index contributed by atoms with van der Waals surface area (Å²) in [5.41, 5.74) is 4.06. The first-order chi connectivity index (χ1) is 16.0. The van der Waals surface area contributed by atoms with Crippen molar-refractivity contribution in [2.24, 2.45) is 0 Å². The average Bonchev–Trinajstić information content (AvgIpc) is 2.84. The molecule has 2 heterocycles. The molecule has 1 aliphatic heterocycles. The Bertz CT molecular complexity index is 1110. The smallest absolute Gasteiger partial charge is 0.219 e. The Morgan fingerprint density at radius 1 is 0.909 bits per heavy atom. The summed E-state index contributed by atoms with van der Waals surface area (Å²) in [5.74, 6) is 0.543. The molecule has 0 saturated carbocycles. The van der Waals surface area contributed by atoms with Gasteiger partial charge in [-0.25, -0.2) is 0 Å². The zero-order valence-corrected chi connectivity index (χ0v) is 18.9. The molecule has 8 nitrogen and oxygen atoms in total. The second-order valence-corrected chi connectivity index (χ2v) is 8.05. The van der Waals surface area contributed by atoms with Gasteiger partial charge in [-0.1, -0.05) is 30.3 Å². The summed E-state index contributed by atoms with van der Waals surface area (Å²) in [7, 11) is 0. The molecule has 1 aliphatic rings. The van der Waals surface area contributed by atoms with Crippen molar-refractivity contribution in [3.63, 3.8) is 0 Å². The molecule has 1 saturated heterocycles. The van der Waals surface area contributed by atoms with Crippen LogP contribution in [0.1, 0.15) is 29.9 Å². The van der Waals surface area contributed by atoms with Gasteiger partial charge in [0, 0.05) is 64.0 Å². The molecule has 2 N–H and O–H groups in total. The third-order valence-corrected chi connectivity index (χ3v) is 5.68. The van der Waals surface area contributed by atoms with Gasteiger partial charge >= 0.3 is 0 Å². The number of carbonyl (C=O) groups is 2. The van der Waals surface area contributed by atoms with E-state index in [4.69, 9.17) is 0 Å². The van der Waals surface area contributed by atoms with Gasteiger partial charge in [0.2, 0.25) is 5.91 Å². The molecule has 1 fully saturated rings. The molecule has 0 spiro atoms. The summed E-state index contributed by atoms with van der Waals surface area (Å²) in [6.45, 7) is 6.81. The van der Waals surface area contributed by atoms with Crippen molar-refractivity contribution in [1.29, 1.82) is 0 Å². The van der Waals surface area contributed by atoms with Crippen molar-refractivity contribution in [3.05, 3.63) is 71.9 Å². The van der Waals surface area contributed by atoms with Crippen LogP contribution in [0, 0.1) is 0 Å². The molecule has 0 aliphatic carbocycles. The number of benzene rings is 2. The quantitative estimate of drug-likeness (QED) is 0.537. The summed E-state index contributed by atoms with van der Waals surface area (Å²) < 4.78 is 0. The van der Waals surface area contributed by atoms with Crippen molar-refractivity contribution in [1.82, 2.24) is 15.1 Å². The third-order valence-electron chi connectivity index (χ3n) is 5.68. The Balaban J connectivity index is 1.43. The molecule has 2 aromatic carbocycles. The maximum absolute atomic E-state index is 12.0. The molecule has 0 radical (unpaired) electrons. The van der Waals surface area contributed by atoms with E-state index in [0.29, 0.717) is 23.7 Å². The van der Waals surface area contributed by atoms with Gasteiger partial charge in [0.15, 0.2) is 17.3 Å². The Morgan fingerprint density at radius 2 is 1.61 bits per heavy atom. The molecular formula is C25H28N6O2.